The number of aryl methyl sites for hydroxylation is 2. The van der Waals surface area contributed by atoms with Crippen LogP contribution in [-0.2, 0) is 12.7 Å². The van der Waals surface area contributed by atoms with Gasteiger partial charge in [0.2, 0.25) is 0 Å². The van der Waals surface area contributed by atoms with E-state index in [-0.39, 0.29) is 5.69 Å². The Kier molecular flexibility index (Phi) is 7.26. The number of halogens is 7. The van der Waals surface area contributed by atoms with E-state index in [1.165, 1.54) is 6.07 Å². The van der Waals surface area contributed by atoms with E-state index in [4.69, 9.17) is 0 Å². The first-order valence-electron chi connectivity index (χ1n) is 10.3. The lowest BCUT2D eigenvalue weighted by atomic mass is 10.00. The molecule has 0 fully saturated rings. The lowest BCUT2D eigenvalue weighted by Crippen LogP contribution is -2.41. The number of aliphatic hydroxyl groups is 1. The van der Waals surface area contributed by atoms with Gasteiger partial charge in [-0.25, -0.2) is 4.39 Å². The van der Waals surface area contributed by atoms with Crippen LogP contribution in [0.25, 0.3) is 11.1 Å². The predicted octanol–water partition coefficient (Wildman–Crippen LogP) is 7.06. The first-order chi connectivity index (χ1) is 15.7. The number of rotatable bonds is 6. The maximum atomic E-state index is 14.4. The average Bonchev–Trinajstić information content (AvgIpc) is 2.72. The molecular formula is C25H22F7NO. The fourth-order valence-corrected chi connectivity index (χ4v) is 3.67. The summed E-state index contributed by atoms with van der Waals surface area (Å²) in [5.41, 5.74) is 2.01. The number of hydrogen-bond acceptors (Lipinski definition) is 2. The molecule has 0 bridgehead atoms. The van der Waals surface area contributed by atoms with Crippen molar-refractivity contribution < 1.29 is 35.8 Å². The Balaban J connectivity index is 2.04. The summed E-state index contributed by atoms with van der Waals surface area (Å²) in [6, 6.07) is 13.8. The van der Waals surface area contributed by atoms with E-state index in [1.807, 2.05) is 32.0 Å². The minimum absolute atomic E-state index is 0.191. The minimum atomic E-state index is -4.96. The molecule has 182 valence electrons. The fraction of sp³-hybridized carbons (Fsp3) is 0.280. The van der Waals surface area contributed by atoms with Crippen LogP contribution >= 0.6 is 0 Å². The molecule has 0 amide bonds. The molecule has 0 unspecified atom stereocenters. The van der Waals surface area contributed by atoms with Crippen molar-refractivity contribution >= 4 is 5.69 Å². The van der Waals surface area contributed by atoms with E-state index in [1.54, 1.807) is 18.2 Å². The van der Waals surface area contributed by atoms with E-state index in [9.17, 15) is 35.8 Å². The summed E-state index contributed by atoms with van der Waals surface area (Å²) in [7, 11) is 0. The third kappa shape index (κ3) is 6.28. The third-order valence-corrected chi connectivity index (χ3v) is 5.27. The quantitative estimate of drug-likeness (QED) is 0.378. The van der Waals surface area contributed by atoms with E-state index in [0.29, 0.717) is 23.8 Å². The number of hydrogen-bond donors (Lipinski definition) is 1. The Labute approximate surface area is 192 Å². The molecule has 0 saturated carbocycles. The van der Waals surface area contributed by atoms with Gasteiger partial charge in [-0.05, 0) is 55.3 Å². The summed E-state index contributed by atoms with van der Waals surface area (Å²) in [4.78, 5) is 1.02. The topological polar surface area (TPSA) is 23.5 Å². The van der Waals surface area contributed by atoms with Gasteiger partial charge in [-0.3, -0.25) is 0 Å². The molecule has 3 aromatic carbocycles. The monoisotopic (exact) mass is 485 g/mol. The van der Waals surface area contributed by atoms with Crippen LogP contribution in [0.3, 0.4) is 0 Å². The van der Waals surface area contributed by atoms with Gasteiger partial charge in [0.05, 0.1) is 12.1 Å². The Bertz CT molecular complexity index is 1130. The minimum Gasteiger partial charge on any atom is -0.382 e. The van der Waals surface area contributed by atoms with E-state index in [2.05, 4.69) is 0 Å². The SMILES string of the molecule is Cc1cc(C)cc(-c2cccc(N(Cc3cc(C(F)(F)F)ccc3F)C[C@@H](O)C(F)(F)F)c2)c1. The van der Waals surface area contributed by atoms with Crippen LogP contribution in [0, 0.1) is 19.7 Å². The molecule has 2 nitrogen and oxygen atoms in total. The van der Waals surface area contributed by atoms with E-state index < -0.39 is 48.5 Å². The van der Waals surface area contributed by atoms with E-state index >= 15 is 0 Å². The van der Waals surface area contributed by atoms with Gasteiger partial charge in [-0.15, -0.1) is 0 Å². The second-order valence-electron chi connectivity index (χ2n) is 8.17. The third-order valence-electron chi connectivity index (χ3n) is 5.27. The Morgan fingerprint density at radius 1 is 0.824 bits per heavy atom. The second kappa shape index (κ2) is 9.66. The van der Waals surface area contributed by atoms with Gasteiger partial charge in [-0.2, -0.15) is 26.3 Å². The molecular weight excluding hydrogens is 463 g/mol. The first-order valence-corrected chi connectivity index (χ1v) is 10.3. The second-order valence-corrected chi connectivity index (χ2v) is 8.17. The van der Waals surface area contributed by atoms with Crippen molar-refractivity contribution in [2.24, 2.45) is 0 Å². The van der Waals surface area contributed by atoms with Crippen LogP contribution in [-0.4, -0.2) is 23.9 Å². The number of aliphatic hydroxyl groups excluding tert-OH is 1. The van der Waals surface area contributed by atoms with Gasteiger partial charge < -0.3 is 10.0 Å². The summed E-state index contributed by atoms with van der Waals surface area (Å²) in [5, 5.41) is 9.67. The lowest BCUT2D eigenvalue weighted by molar-refractivity contribution is -0.200. The lowest BCUT2D eigenvalue weighted by Gasteiger charge is -2.29. The number of benzene rings is 3. The summed E-state index contributed by atoms with van der Waals surface area (Å²) >= 11 is 0. The molecule has 0 aliphatic rings. The highest BCUT2D eigenvalue weighted by atomic mass is 19.4. The van der Waals surface area contributed by atoms with Gasteiger partial charge in [0.25, 0.3) is 0 Å². The van der Waals surface area contributed by atoms with Crippen molar-refractivity contribution in [2.75, 3.05) is 11.4 Å². The molecule has 1 atom stereocenters. The van der Waals surface area contributed by atoms with Crippen LogP contribution in [0.2, 0.25) is 0 Å². The van der Waals surface area contributed by atoms with Crippen molar-refractivity contribution in [2.45, 2.75) is 38.8 Å². The average molecular weight is 485 g/mol. The van der Waals surface area contributed by atoms with Crippen molar-refractivity contribution in [3.05, 3.63) is 88.7 Å². The summed E-state index contributed by atoms with van der Waals surface area (Å²) in [5.74, 6) is -0.995. The van der Waals surface area contributed by atoms with Crippen molar-refractivity contribution in [3.63, 3.8) is 0 Å². The van der Waals surface area contributed by atoms with E-state index in [0.717, 1.165) is 21.6 Å². The summed E-state index contributed by atoms with van der Waals surface area (Å²) < 4.78 is 93.0. The molecule has 1 N–H and O–H groups in total. The number of nitrogens with zero attached hydrogens (tertiary/aromatic N) is 1. The van der Waals surface area contributed by atoms with Crippen LogP contribution < -0.4 is 4.90 Å². The molecule has 0 saturated heterocycles. The van der Waals surface area contributed by atoms with Gasteiger partial charge in [-0.1, -0.05) is 41.5 Å². The molecule has 0 heterocycles. The molecule has 3 aromatic rings. The maximum absolute atomic E-state index is 14.4. The Morgan fingerprint density at radius 2 is 1.47 bits per heavy atom. The highest BCUT2D eigenvalue weighted by Crippen LogP contribution is 2.33. The number of alkyl halides is 6. The molecule has 0 spiro atoms. The van der Waals surface area contributed by atoms with Crippen LogP contribution in [0.4, 0.5) is 36.4 Å². The highest BCUT2D eigenvalue weighted by molar-refractivity contribution is 5.70. The smallest absolute Gasteiger partial charge is 0.382 e. The molecule has 34 heavy (non-hydrogen) atoms. The summed E-state index contributed by atoms with van der Waals surface area (Å²) in [6.45, 7) is 2.18. The largest absolute Gasteiger partial charge is 0.416 e. The Hall–Kier alpha value is -3.07. The molecule has 0 aromatic heterocycles. The van der Waals surface area contributed by atoms with Crippen molar-refractivity contribution in [1.29, 1.82) is 0 Å². The zero-order valence-corrected chi connectivity index (χ0v) is 18.3. The zero-order valence-electron chi connectivity index (χ0n) is 18.3. The molecule has 0 aliphatic heterocycles. The normalized spacial score (nSPS) is 13.1. The molecule has 9 heteroatoms. The van der Waals surface area contributed by atoms with Gasteiger partial charge in [0.15, 0.2) is 6.10 Å². The molecule has 3 rings (SSSR count). The molecule has 0 radical (unpaired) electrons. The zero-order chi connectivity index (χ0) is 25.3. The maximum Gasteiger partial charge on any atom is 0.416 e. The fourth-order valence-electron chi connectivity index (χ4n) is 3.67. The van der Waals surface area contributed by atoms with Crippen LogP contribution in [0.5, 0.6) is 0 Å². The number of anilines is 1. The van der Waals surface area contributed by atoms with Crippen molar-refractivity contribution in [3.8, 4) is 11.1 Å². The molecule has 0 aliphatic carbocycles. The van der Waals surface area contributed by atoms with Gasteiger partial charge >= 0.3 is 12.4 Å². The van der Waals surface area contributed by atoms with Gasteiger partial charge in [0, 0.05) is 17.8 Å². The van der Waals surface area contributed by atoms with Crippen LogP contribution in [0.1, 0.15) is 22.3 Å². The first kappa shape index (κ1) is 25.6. The predicted molar refractivity (Wildman–Crippen MR) is 116 cm³/mol. The van der Waals surface area contributed by atoms with Crippen molar-refractivity contribution in [1.82, 2.24) is 0 Å². The highest BCUT2D eigenvalue weighted by Gasteiger charge is 2.39. The Morgan fingerprint density at radius 3 is 2.06 bits per heavy atom. The van der Waals surface area contributed by atoms with Gasteiger partial charge in [0.1, 0.15) is 5.82 Å². The summed E-state index contributed by atoms with van der Waals surface area (Å²) in [6.07, 6.45) is -12.5. The standard InChI is InChI=1S/C25H22F7NO/c1-15-8-16(2)10-18(9-15)17-4-3-5-21(12-17)33(14-23(34)25(30,31)32)13-19-11-20(24(27,28)29)6-7-22(19)26/h3-12,23,34H,13-14H2,1-2H3/t23-/m1/s1. The van der Waals surface area contributed by atoms with Crippen LogP contribution in [0.15, 0.2) is 60.7 Å².